The molecule has 0 radical (unpaired) electrons. The van der Waals surface area contributed by atoms with Gasteiger partial charge in [-0.1, -0.05) is 11.6 Å². The van der Waals surface area contributed by atoms with E-state index in [9.17, 15) is 0 Å². The lowest BCUT2D eigenvalue weighted by Gasteiger charge is -2.49. The van der Waals surface area contributed by atoms with E-state index in [1.54, 1.807) is 14.2 Å². The first-order valence-corrected chi connectivity index (χ1v) is 8.02. The van der Waals surface area contributed by atoms with Crippen molar-refractivity contribution in [3.63, 3.8) is 0 Å². The van der Waals surface area contributed by atoms with Gasteiger partial charge in [0, 0.05) is 17.5 Å². The molecule has 2 bridgehead atoms. The third-order valence-electron chi connectivity index (χ3n) is 5.37. The van der Waals surface area contributed by atoms with Crippen LogP contribution in [0.5, 0.6) is 11.5 Å². The van der Waals surface area contributed by atoms with E-state index in [-0.39, 0.29) is 11.7 Å². The van der Waals surface area contributed by atoms with Gasteiger partial charge in [-0.25, -0.2) is 0 Å². The molecule has 1 aromatic carbocycles. The monoisotopic (exact) mass is 302 g/mol. The van der Waals surface area contributed by atoms with Gasteiger partial charge in [0.1, 0.15) is 11.5 Å². The normalized spacial score (nSPS) is 29.7. The predicted octanol–water partition coefficient (Wildman–Crippen LogP) is 4.53. The summed E-state index contributed by atoms with van der Waals surface area (Å²) in [6, 6.07) is 6.02. The number of hydrogen-bond acceptors (Lipinski definition) is 3. The summed E-state index contributed by atoms with van der Waals surface area (Å²) in [5, 5.41) is 0. The summed E-state index contributed by atoms with van der Waals surface area (Å²) in [5.74, 6) is 2.69. The third kappa shape index (κ3) is 2.52. The van der Waals surface area contributed by atoms with E-state index < -0.39 is 0 Å². The van der Waals surface area contributed by atoms with Gasteiger partial charge in [0.25, 0.3) is 0 Å². The fraction of sp³-hybridized carbons (Fsp3) is 0.579. The summed E-state index contributed by atoms with van der Waals surface area (Å²) in [4.78, 5) is 0. The first-order chi connectivity index (χ1) is 10.5. The highest BCUT2D eigenvalue weighted by Gasteiger charge is 2.46. The van der Waals surface area contributed by atoms with Crippen LogP contribution in [-0.2, 0) is 4.74 Å². The first-order valence-electron chi connectivity index (χ1n) is 8.02. The van der Waals surface area contributed by atoms with Gasteiger partial charge in [0.15, 0.2) is 0 Å². The van der Waals surface area contributed by atoms with Gasteiger partial charge in [0.05, 0.1) is 25.9 Å². The van der Waals surface area contributed by atoms with Crippen molar-refractivity contribution in [1.29, 1.82) is 0 Å². The Labute approximate surface area is 133 Å². The van der Waals surface area contributed by atoms with Gasteiger partial charge >= 0.3 is 0 Å². The Morgan fingerprint density at radius 2 is 1.95 bits per heavy atom. The molecule has 22 heavy (non-hydrogen) atoms. The van der Waals surface area contributed by atoms with Crippen molar-refractivity contribution in [1.82, 2.24) is 0 Å². The molecule has 0 amide bonds. The number of hydrogen-bond donors (Lipinski definition) is 0. The molecule has 1 fully saturated rings. The second kappa shape index (κ2) is 5.62. The van der Waals surface area contributed by atoms with E-state index in [0.717, 1.165) is 23.5 Å². The Kier molecular flexibility index (Phi) is 3.94. The number of methoxy groups -OCH3 is 2. The van der Waals surface area contributed by atoms with Crippen LogP contribution in [0.2, 0.25) is 0 Å². The molecule has 0 N–H and O–H groups in total. The Balaban J connectivity index is 2.03. The van der Waals surface area contributed by atoms with Crippen LogP contribution in [0.4, 0.5) is 0 Å². The Bertz CT molecular complexity index is 588. The molecule has 0 unspecified atom stereocenters. The molecule has 1 heterocycles. The molecule has 1 saturated heterocycles. The minimum Gasteiger partial charge on any atom is -0.497 e. The maximum atomic E-state index is 6.55. The van der Waals surface area contributed by atoms with Crippen molar-refractivity contribution in [3.8, 4) is 11.5 Å². The fourth-order valence-corrected chi connectivity index (χ4v) is 3.84. The molecule has 3 rings (SSSR count). The van der Waals surface area contributed by atoms with Gasteiger partial charge in [-0.3, -0.25) is 0 Å². The van der Waals surface area contributed by atoms with E-state index in [1.165, 1.54) is 12.0 Å². The zero-order chi connectivity index (χ0) is 15.9. The number of fused-ring (bicyclic) bond motifs is 2. The van der Waals surface area contributed by atoms with Crippen LogP contribution < -0.4 is 9.47 Å². The number of ether oxygens (including phenoxy) is 3. The van der Waals surface area contributed by atoms with E-state index in [2.05, 4.69) is 32.9 Å². The van der Waals surface area contributed by atoms with Crippen molar-refractivity contribution in [3.05, 3.63) is 35.4 Å². The number of allylic oxidation sites excluding steroid dienone is 1. The van der Waals surface area contributed by atoms with Crippen LogP contribution in [0, 0.1) is 11.8 Å². The van der Waals surface area contributed by atoms with Crippen LogP contribution in [-0.4, -0.2) is 19.8 Å². The summed E-state index contributed by atoms with van der Waals surface area (Å²) in [6.45, 7) is 6.66. The highest BCUT2D eigenvalue weighted by Crippen LogP contribution is 2.52. The van der Waals surface area contributed by atoms with Crippen molar-refractivity contribution in [2.45, 2.75) is 45.3 Å². The van der Waals surface area contributed by atoms with E-state index in [0.29, 0.717) is 11.8 Å². The van der Waals surface area contributed by atoms with Crippen LogP contribution >= 0.6 is 0 Å². The summed E-state index contributed by atoms with van der Waals surface area (Å²) in [7, 11) is 3.38. The van der Waals surface area contributed by atoms with Gasteiger partial charge < -0.3 is 14.2 Å². The van der Waals surface area contributed by atoms with Gasteiger partial charge in [-0.2, -0.15) is 0 Å². The van der Waals surface area contributed by atoms with Crippen molar-refractivity contribution >= 4 is 0 Å². The van der Waals surface area contributed by atoms with Crippen molar-refractivity contribution in [2.24, 2.45) is 11.8 Å². The SMILES string of the molecule is COc1ccc([C@@H]2OC(C)(C)[C@@H]3CC=C(C)[C@H]2C3)c(OC)c1. The van der Waals surface area contributed by atoms with E-state index in [1.807, 2.05) is 12.1 Å². The molecule has 0 spiro atoms. The molecule has 3 nitrogen and oxygen atoms in total. The zero-order valence-electron chi connectivity index (χ0n) is 14.2. The second-order valence-corrected chi connectivity index (χ2v) is 6.97. The molecule has 0 saturated carbocycles. The molecule has 1 aliphatic heterocycles. The summed E-state index contributed by atoms with van der Waals surface area (Å²) in [6.07, 6.45) is 4.76. The summed E-state index contributed by atoms with van der Waals surface area (Å²) >= 11 is 0. The molecular formula is C19H26O3. The standard InChI is InChI=1S/C19H26O3/c1-12-6-7-13-10-16(12)18(22-19(13,2)3)15-9-8-14(20-4)11-17(15)21-5/h6,8-9,11,13,16,18H,7,10H2,1-5H3/t13-,16-,18+/m1/s1. The minimum atomic E-state index is -0.108. The van der Waals surface area contributed by atoms with Crippen molar-refractivity contribution < 1.29 is 14.2 Å². The molecule has 1 aromatic rings. The third-order valence-corrected chi connectivity index (χ3v) is 5.37. The molecule has 0 aromatic heterocycles. The molecule has 3 heteroatoms. The smallest absolute Gasteiger partial charge is 0.128 e. The topological polar surface area (TPSA) is 27.7 Å². The largest absolute Gasteiger partial charge is 0.497 e. The maximum absolute atomic E-state index is 6.55. The van der Waals surface area contributed by atoms with Crippen LogP contribution in [0.1, 0.15) is 45.3 Å². The zero-order valence-corrected chi connectivity index (χ0v) is 14.2. The lowest BCUT2D eigenvalue weighted by molar-refractivity contribution is -0.167. The van der Waals surface area contributed by atoms with Crippen molar-refractivity contribution in [2.75, 3.05) is 14.2 Å². The van der Waals surface area contributed by atoms with Gasteiger partial charge in [0.2, 0.25) is 0 Å². The van der Waals surface area contributed by atoms with E-state index >= 15 is 0 Å². The maximum Gasteiger partial charge on any atom is 0.128 e. The van der Waals surface area contributed by atoms with Gasteiger partial charge in [-0.15, -0.1) is 0 Å². The Morgan fingerprint density at radius 3 is 2.64 bits per heavy atom. The quantitative estimate of drug-likeness (QED) is 0.768. The van der Waals surface area contributed by atoms with E-state index in [4.69, 9.17) is 14.2 Å². The highest BCUT2D eigenvalue weighted by molar-refractivity contribution is 5.43. The molecule has 2 aliphatic rings. The lowest BCUT2D eigenvalue weighted by Crippen LogP contribution is -2.45. The van der Waals surface area contributed by atoms with Crippen LogP contribution in [0.25, 0.3) is 0 Å². The molecule has 1 aliphatic carbocycles. The Morgan fingerprint density at radius 1 is 1.18 bits per heavy atom. The average molecular weight is 302 g/mol. The highest BCUT2D eigenvalue weighted by atomic mass is 16.5. The predicted molar refractivity (Wildman–Crippen MR) is 87.4 cm³/mol. The van der Waals surface area contributed by atoms with Gasteiger partial charge in [-0.05, 0) is 51.7 Å². The lowest BCUT2D eigenvalue weighted by atomic mass is 9.68. The first kappa shape index (κ1) is 15.4. The molecule has 3 atom stereocenters. The molecular weight excluding hydrogens is 276 g/mol. The average Bonchev–Trinajstić information content (AvgIpc) is 2.52. The Hall–Kier alpha value is -1.48. The second-order valence-electron chi connectivity index (χ2n) is 6.97. The molecule has 120 valence electrons. The minimum absolute atomic E-state index is 0.0451. The number of rotatable bonds is 3. The number of benzene rings is 1. The summed E-state index contributed by atoms with van der Waals surface area (Å²) in [5.41, 5.74) is 2.45. The van der Waals surface area contributed by atoms with Crippen LogP contribution in [0.15, 0.2) is 29.8 Å². The summed E-state index contributed by atoms with van der Waals surface area (Å²) < 4.78 is 17.5. The fourth-order valence-electron chi connectivity index (χ4n) is 3.84. The van der Waals surface area contributed by atoms with Crippen LogP contribution in [0.3, 0.4) is 0 Å².